The van der Waals surface area contributed by atoms with Crippen molar-refractivity contribution in [1.29, 1.82) is 0 Å². The summed E-state index contributed by atoms with van der Waals surface area (Å²) in [6.07, 6.45) is 2.51. The van der Waals surface area contributed by atoms with E-state index in [9.17, 15) is 0 Å². The monoisotopic (exact) mass is 326 g/mol. The summed E-state index contributed by atoms with van der Waals surface area (Å²) in [5.41, 5.74) is 1.26. The van der Waals surface area contributed by atoms with Crippen molar-refractivity contribution < 1.29 is 4.74 Å². The van der Waals surface area contributed by atoms with Crippen LogP contribution in [0.2, 0.25) is 0 Å². The van der Waals surface area contributed by atoms with Crippen molar-refractivity contribution in [1.82, 2.24) is 9.80 Å². The zero-order valence-corrected chi connectivity index (χ0v) is 13.6. The average molecular weight is 327 g/mol. The number of likely N-dealkylation sites (tertiary alicyclic amines) is 1. The maximum Gasteiger partial charge on any atom is 0.123 e. The van der Waals surface area contributed by atoms with Crippen LogP contribution in [0.3, 0.4) is 0 Å². The van der Waals surface area contributed by atoms with Crippen molar-refractivity contribution in [3.8, 4) is 5.75 Å². The quantitative estimate of drug-likeness (QED) is 0.846. The van der Waals surface area contributed by atoms with E-state index >= 15 is 0 Å². The highest BCUT2D eigenvalue weighted by atomic mass is 79.9. The van der Waals surface area contributed by atoms with Crippen LogP contribution in [0.15, 0.2) is 22.7 Å². The normalized spacial score (nSPS) is 17.9. The van der Waals surface area contributed by atoms with Gasteiger partial charge in [0.2, 0.25) is 0 Å². The van der Waals surface area contributed by atoms with Gasteiger partial charge in [-0.25, -0.2) is 0 Å². The molecule has 0 spiro atoms. The van der Waals surface area contributed by atoms with E-state index in [0.717, 1.165) is 22.8 Å². The second-order valence-electron chi connectivity index (χ2n) is 5.43. The van der Waals surface area contributed by atoms with E-state index in [-0.39, 0.29) is 0 Å². The SMILES string of the molecule is COc1ccc(Br)cc1CN1CCC(N(C)C)CC1. The van der Waals surface area contributed by atoms with Gasteiger partial charge in [0.25, 0.3) is 0 Å². The Morgan fingerprint density at radius 3 is 2.58 bits per heavy atom. The zero-order valence-electron chi connectivity index (χ0n) is 12.0. The van der Waals surface area contributed by atoms with Crippen molar-refractivity contribution in [3.63, 3.8) is 0 Å². The smallest absolute Gasteiger partial charge is 0.123 e. The minimum absolute atomic E-state index is 0.737. The molecule has 3 nitrogen and oxygen atoms in total. The summed E-state index contributed by atoms with van der Waals surface area (Å²) in [6, 6.07) is 6.96. The average Bonchev–Trinajstić information content (AvgIpc) is 2.39. The van der Waals surface area contributed by atoms with Crippen molar-refractivity contribution in [2.24, 2.45) is 0 Å². The molecule has 0 N–H and O–H groups in total. The molecule has 19 heavy (non-hydrogen) atoms. The van der Waals surface area contributed by atoms with Crippen LogP contribution < -0.4 is 4.74 Å². The van der Waals surface area contributed by atoms with Gasteiger partial charge < -0.3 is 9.64 Å². The van der Waals surface area contributed by atoms with E-state index in [1.54, 1.807) is 7.11 Å². The highest BCUT2D eigenvalue weighted by molar-refractivity contribution is 9.10. The van der Waals surface area contributed by atoms with Crippen LogP contribution in [0.25, 0.3) is 0 Å². The topological polar surface area (TPSA) is 15.7 Å². The molecule has 0 saturated carbocycles. The summed E-state index contributed by atoms with van der Waals surface area (Å²) in [5, 5.41) is 0. The minimum Gasteiger partial charge on any atom is -0.496 e. The van der Waals surface area contributed by atoms with Gasteiger partial charge in [0.05, 0.1) is 7.11 Å². The fraction of sp³-hybridized carbons (Fsp3) is 0.600. The van der Waals surface area contributed by atoms with Crippen LogP contribution in [0.4, 0.5) is 0 Å². The fourth-order valence-corrected chi connectivity index (χ4v) is 3.11. The maximum absolute atomic E-state index is 5.45. The number of hydrogen-bond donors (Lipinski definition) is 0. The first-order chi connectivity index (χ1) is 9.10. The number of benzene rings is 1. The highest BCUT2D eigenvalue weighted by Crippen LogP contribution is 2.25. The molecule has 0 atom stereocenters. The third-order valence-electron chi connectivity index (χ3n) is 3.92. The van der Waals surface area contributed by atoms with Crippen LogP contribution in [0.5, 0.6) is 5.75 Å². The van der Waals surface area contributed by atoms with Gasteiger partial charge in [-0.05, 0) is 58.2 Å². The Hall–Kier alpha value is -0.580. The van der Waals surface area contributed by atoms with E-state index in [2.05, 4.69) is 45.9 Å². The van der Waals surface area contributed by atoms with Gasteiger partial charge in [0.15, 0.2) is 0 Å². The molecule has 0 unspecified atom stereocenters. The van der Waals surface area contributed by atoms with Gasteiger partial charge in [0.1, 0.15) is 5.75 Å². The Labute approximate surface area is 124 Å². The zero-order chi connectivity index (χ0) is 13.8. The molecule has 0 aromatic heterocycles. The molecule has 0 radical (unpaired) electrons. The standard InChI is InChI=1S/C15H23BrN2O/c1-17(2)14-6-8-18(9-7-14)11-12-10-13(16)4-5-15(12)19-3/h4-5,10,14H,6-9,11H2,1-3H3. The number of piperidine rings is 1. The molecule has 4 heteroatoms. The predicted octanol–water partition coefficient (Wildman–Crippen LogP) is 2.98. The molecule has 1 heterocycles. The largest absolute Gasteiger partial charge is 0.496 e. The number of hydrogen-bond acceptors (Lipinski definition) is 3. The lowest BCUT2D eigenvalue weighted by Gasteiger charge is -2.35. The van der Waals surface area contributed by atoms with Crippen LogP contribution in [-0.2, 0) is 6.54 Å². The summed E-state index contributed by atoms with van der Waals surface area (Å²) in [7, 11) is 6.10. The Morgan fingerprint density at radius 1 is 1.32 bits per heavy atom. The van der Waals surface area contributed by atoms with Crippen LogP contribution in [-0.4, -0.2) is 50.1 Å². The Morgan fingerprint density at radius 2 is 2.00 bits per heavy atom. The molecule has 0 bridgehead atoms. The van der Waals surface area contributed by atoms with Gasteiger partial charge in [-0.15, -0.1) is 0 Å². The molecule has 1 fully saturated rings. The van der Waals surface area contributed by atoms with Crippen LogP contribution in [0.1, 0.15) is 18.4 Å². The third kappa shape index (κ3) is 3.94. The first kappa shape index (κ1) is 14.8. The lowest BCUT2D eigenvalue weighted by molar-refractivity contribution is 0.139. The van der Waals surface area contributed by atoms with Crippen LogP contribution >= 0.6 is 15.9 Å². The molecule has 1 aromatic carbocycles. The van der Waals surface area contributed by atoms with E-state index < -0.39 is 0 Å². The van der Waals surface area contributed by atoms with Crippen molar-refractivity contribution in [2.45, 2.75) is 25.4 Å². The number of rotatable bonds is 4. The molecule has 1 aromatic rings. The Balaban J connectivity index is 1.97. The van der Waals surface area contributed by atoms with E-state index in [0.29, 0.717) is 0 Å². The molecular formula is C15H23BrN2O. The van der Waals surface area contributed by atoms with E-state index in [1.165, 1.54) is 31.5 Å². The molecule has 106 valence electrons. The fourth-order valence-electron chi connectivity index (χ4n) is 2.71. The summed E-state index contributed by atoms with van der Waals surface area (Å²) in [4.78, 5) is 4.86. The van der Waals surface area contributed by atoms with Gasteiger partial charge in [-0.1, -0.05) is 15.9 Å². The lowest BCUT2D eigenvalue weighted by Crippen LogP contribution is -2.41. The Kier molecular flexibility index (Phi) is 5.25. The van der Waals surface area contributed by atoms with E-state index in [1.807, 2.05) is 12.1 Å². The van der Waals surface area contributed by atoms with Crippen molar-refractivity contribution in [3.05, 3.63) is 28.2 Å². The molecular weight excluding hydrogens is 304 g/mol. The summed E-state index contributed by atoms with van der Waals surface area (Å²) in [5.74, 6) is 0.984. The van der Waals surface area contributed by atoms with Crippen molar-refractivity contribution in [2.75, 3.05) is 34.3 Å². The molecule has 2 rings (SSSR count). The Bertz CT molecular complexity index is 415. The second-order valence-corrected chi connectivity index (χ2v) is 6.34. The van der Waals surface area contributed by atoms with Gasteiger partial charge >= 0.3 is 0 Å². The molecule has 1 aliphatic heterocycles. The summed E-state index contributed by atoms with van der Waals surface area (Å²) >= 11 is 3.54. The maximum atomic E-state index is 5.45. The number of nitrogens with zero attached hydrogens (tertiary/aromatic N) is 2. The molecule has 0 aliphatic carbocycles. The number of methoxy groups -OCH3 is 1. The van der Waals surface area contributed by atoms with Crippen molar-refractivity contribution >= 4 is 15.9 Å². The van der Waals surface area contributed by atoms with E-state index in [4.69, 9.17) is 4.74 Å². The molecule has 1 aliphatic rings. The first-order valence-corrected chi connectivity index (χ1v) is 7.60. The highest BCUT2D eigenvalue weighted by Gasteiger charge is 2.21. The second kappa shape index (κ2) is 6.73. The molecule has 1 saturated heterocycles. The van der Waals surface area contributed by atoms with Gasteiger partial charge in [-0.3, -0.25) is 4.90 Å². The van der Waals surface area contributed by atoms with Crippen LogP contribution in [0, 0.1) is 0 Å². The number of ether oxygens (including phenoxy) is 1. The number of halogens is 1. The summed E-state index contributed by atoms with van der Waals surface area (Å²) in [6.45, 7) is 3.31. The lowest BCUT2D eigenvalue weighted by atomic mass is 10.0. The van der Waals surface area contributed by atoms with Gasteiger partial charge in [-0.2, -0.15) is 0 Å². The molecule has 0 amide bonds. The minimum atomic E-state index is 0.737. The summed E-state index contributed by atoms with van der Waals surface area (Å²) < 4.78 is 6.56. The first-order valence-electron chi connectivity index (χ1n) is 6.81. The predicted molar refractivity (Wildman–Crippen MR) is 82.7 cm³/mol. The van der Waals surface area contributed by atoms with Gasteiger partial charge in [0, 0.05) is 22.6 Å². The third-order valence-corrected chi connectivity index (χ3v) is 4.42.